The van der Waals surface area contributed by atoms with E-state index in [1.807, 2.05) is 6.92 Å². The minimum Gasteiger partial charge on any atom is -0.384 e. The molecule has 0 atom stereocenters. The molecular formula is C12H11ClFN3S. The van der Waals surface area contributed by atoms with Crippen LogP contribution >= 0.6 is 23.4 Å². The summed E-state index contributed by atoms with van der Waals surface area (Å²) in [5, 5.41) is 0.728. The lowest BCUT2D eigenvalue weighted by Crippen LogP contribution is -1.96. The molecule has 0 fully saturated rings. The summed E-state index contributed by atoms with van der Waals surface area (Å²) < 4.78 is 13.0. The van der Waals surface area contributed by atoms with Crippen molar-refractivity contribution >= 4 is 29.2 Å². The first-order valence-corrected chi connectivity index (χ1v) is 6.59. The van der Waals surface area contributed by atoms with Crippen molar-refractivity contribution in [3.05, 3.63) is 46.4 Å². The third-order valence-corrected chi connectivity index (χ3v) is 3.41. The molecule has 1 aromatic heterocycles. The van der Waals surface area contributed by atoms with Crippen LogP contribution in [0.15, 0.2) is 29.4 Å². The van der Waals surface area contributed by atoms with Crippen LogP contribution in [-0.2, 0) is 5.75 Å². The summed E-state index contributed by atoms with van der Waals surface area (Å²) in [5.74, 6) is 0.645. The van der Waals surface area contributed by atoms with Crippen molar-refractivity contribution in [3.8, 4) is 0 Å². The van der Waals surface area contributed by atoms with Gasteiger partial charge in [-0.05, 0) is 24.6 Å². The van der Waals surface area contributed by atoms with Crippen LogP contribution in [0.4, 0.5) is 10.2 Å². The minimum atomic E-state index is -0.415. The molecule has 1 heterocycles. The Morgan fingerprint density at radius 3 is 2.78 bits per heavy atom. The maximum atomic E-state index is 13.0. The smallest absolute Gasteiger partial charge is 0.190 e. The Bertz CT molecular complexity index is 557. The van der Waals surface area contributed by atoms with E-state index in [-0.39, 0.29) is 5.02 Å². The highest BCUT2D eigenvalue weighted by molar-refractivity contribution is 7.98. The number of aromatic nitrogens is 2. The van der Waals surface area contributed by atoms with E-state index in [1.165, 1.54) is 17.8 Å². The number of rotatable bonds is 3. The second kappa shape index (κ2) is 5.54. The molecule has 0 spiro atoms. The first-order valence-electron chi connectivity index (χ1n) is 5.22. The molecule has 1 aromatic carbocycles. The molecule has 0 aliphatic carbocycles. The quantitative estimate of drug-likeness (QED) is 0.692. The fourth-order valence-corrected chi connectivity index (χ4v) is 2.46. The number of nitrogen functional groups attached to an aromatic ring is 1. The van der Waals surface area contributed by atoms with E-state index in [9.17, 15) is 4.39 Å². The van der Waals surface area contributed by atoms with Crippen molar-refractivity contribution in [2.45, 2.75) is 17.8 Å². The molecule has 0 aliphatic heterocycles. The number of benzene rings is 1. The van der Waals surface area contributed by atoms with Gasteiger partial charge in [0.1, 0.15) is 11.6 Å². The molecule has 6 heteroatoms. The van der Waals surface area contributed by atoms with E-state index in [1.54, 1.807) is 18.2 Å². The Morgan fingerprint density at radius 2 is 2.11 bits per heavy atom. The summed E-state index contributed by atoms with van der Waals surface area (Å²) in [5.41, 5.74) is 7.37. The zero-order valence-corrected chi connectivity index (χ0v) is 11.2. The zero-order chi connectivity index (χ0) is 13.1. The summed E-state index contributed by atoms with van der Waals surface area (Å²) in [6.45, 7) is 1.86. The molecule has 0 aliphatic rings. The van der Waals surface area contributed by atoms with Crippen molar-refractivity contribution in [2.75, 3.05) is 5.73 Å². The molecule has 0 saturated carbocycles. The highest BCUT2D eigenvalue weighted by Gasteiger charge is 2.04. The molecule has 18 heavy (non-hydrogen) atoms. The molecule has 0 amide bonds. The maximum Gasteiger partial charge on any atom is 0.190 e. The summed E-state index contributed by atoms with van der Waals surface area (Å²) >= 11 is 7.14. The predicted molar refractivity (Wildman–Crippen MR) is 72.2 cm³/mol. The number of nitrogens with zero attached hydrogens (tertiary/aromatic N) is 2. The summed E-state index contributed by atoms with van der Waals surface area (Å²) in [4.78, 5) is 8.37. The van der Waals surface area contributed by atoms with E-state index in [4.69, 9.17) is 17.3 Å². The first-order chi connectivity index (χ1) is 8.54. The zero-order valence-electron chi connectivity index (χ0n) is 9.65. The van der Waals surface area contributed by atoms with Crippen LogP contribution in [0, 0.1) is 12.7 Å². The van der Waals surface area contributed by atoms with Crippen molar-refractivity contribution in [2.24, 2.45) is 0 Å². The Kier molecular flexibility index (Phi) is 4.04. The SMILES string of the molecule is Cc1cc(N)nc(SCc2ccc(F)c(Cl)c2)n1. The number of hydrogen-bond acceptors (Lipinski definition) is 4. The molecule has 0 bridgehead atoms. The van der Waals surface area contributed by atoms with Crippen molar-refractivity contribution in [1.82, 2.24) is 9.97 Å². The number of hydrogen-bond donors (Lipinski definition) is 1. The molecule has 2 N–H and O–H groups in total. The molecule has 94 valence electrons. The van der Waals surface area contributed by atoms with Gasteiger partial charge in [-0.15, -0.1) is 0 Å². The lowest BCUT2D eigenvalue weighted by molar-refractivity contribution is 0.628. The number of aryl methyl sites for hydroxylation is 1. The summed E-state index contributed by atoms with van der Waals surface area (Å²) in [7, 11) is 0. The second-order valence-corrected chi connectivity index (χ2v) is 5.10. The lowest BCUT2D eigenvalue weighted by Gasteiger charge is -2.04. The van der Waals surface area contributed by atoms with Crippen LogP contribution in [-0.4, -0.2) is 9.97 Å². The Balaban J connectivity index is 2.08. The van der Waals surface area contributed by atoms with Crippen LogP contribution in [0.5, 0.6) is 0 Å². The predicted octanol–water partition coefficient (Wildman–Crippen LogP) is 3.45. The van der Waals surface area contributed by atoms with Gasteiger partial charge in [-0.25, -0.2) is 14.4 Å². The fraction of sp³-hybridized carbons (Fsp3) is 0.167. The second-order valence-electron chi connectivity index (χ2n) is 3.75. The molecule has 0 saturated heterocycles. The number of thioether (sulfide) groups is 1. The normalized spacial score (nSPS) is 10.6. The van der Waals surface area contributed by atoms with E-state index in [0.717, 1.165) is 11.3 Å². The maximum absolute atomic E-state index is 13.0. The molecule has 0 unspecified atom stereocenters. The highest BCUT2D eigenvalue weighted by Crippen LogP contribution is 2.23. The van der Waals surface area contributed by atoms with Crippen LogP contribution in [0.25, 0.3) is 0 Å². The standard InChI is InChI=1S/C12H11ClFN3S/c1-7-4-11(15)17-12(16-7)18-6-8-2-3-10(14)9(13)5-8/h2-5H,6H2,1H3,(H2,15,16,17). The van der Waals surface area contributed by atoms with Gasteiger partial charge in [0.15, 0.2) is 5.16 Å². The van der Waals surface area contributed by atoms with E-state index in [0.29, 0.717) is 16.7 Å². The van der Waals surface area contributed by atoms with Crippen molar-refractivity contribution in [3.63, 3.8) is 0 Å². The lowest BCUT2D eigenvalue weighted by atomic mass is 10.2. The van der Waals surface area contributed by atoms with E-state index >= 15 is 0 Å². The van der Waals surface area contributed by atoms with Gasteiger partial charge in [0.2, 0.25) is 0 Å². The average Bonchev–Trinajstić information content (AvgIpc) is 2.29. The van der Waals surface area contributed by atoms with Gasteiger partial charge in [-0.3, -0.25) is 0 Å². The fourth-order valence-electron chi connectivity index (χ4n) is 1.41. The highest BCUT2D eigenvalue weighted by atomic mass is 35.5. The van der Waals surface area contributed by atoms with Crippen molar-refractivity contribution in [1.29, 1.82) is 0 Å². The average molecular weight is 284 g/mol. The first kappa shape index (κ1) is 13.1. The monoisotopic (exact) mass is 283 g/mol. The Labute approximate surface area is 114 Å². The largest absolute Gasteiger partial charge is 0.384 e. The molecular weight excluding hydrogens is 273 g/mol. The van der Waals surface area contributed by atoms with Crippen molar-refractivity contribution < 1.29 is 4.39 Å². The number of anilines is 1. The topological polar surface area (TPSA) is 51.8 Å². The van der Waals surface area contributed by atoms with Gasteiger partial charge in [0.05, 0.1) is 5.02 Å². The number of halogens is 2. The third kappa shape index (κ3) is 3.34. The van der Waals surface area contributed by atoms with Gasteiger partial charge in [-0.2, -0.15) is 0 Å². The van der Waals surface area contributed by atoms with Crippen LogP contribution < -0.4 is 5.73 Å². The van der Waals surface area contributed by atoms with Crippen LogP contribution in [0.3, 0.4) is 0 Å². The van der Waals surface area contributed by atoms with Gasteiger partial charge in [-0.1, -0.05) is 29.4 Å². The van der Waals surface area contributed by atoms with Crippen LogP contribution in [0.1, 0.15) is 11.3 Å². The third-order valence-electron chi connectivity index (χ3n) is 2.21. The Hall–Kier alpha value is -1.33. The van der Waals surface area contributed by atoms with Crippen LogP contribution in [0.2, 0.25) is 5.02 Å². The minimum absolute atomic E-state index is 0.123. The molecule has 2 rings (SSSR count). The van der Waals surface area contributed by atoms with Gasteiger partial charge in [0, 0.05) is 17.5 Å². The van der Waals surface area contributed by atoms with Gasteiger partial charge in [0.25, 0.3) is 0 Å². The van der Waals surface area contributed by atoms with E-state index in [2.05, 4.69) is 9.97 Å². The van der Waals surface area contributed by atoms with Gasteiger partial charge >= 0.3 is 0 Å². The molecule has 3 nitrogen and oxygen atoms in total. The summed E-state index contributed by atoms with van der Waals surface area (Å²) in [6, 6.07) is 6.35. The van der Waals surface area contributed by atoms with E-state index < -0.39 is 5.82 Å². The Morgan fingerprint density at radius 1 is 1.33 bits per heavy atom. The molecule has 0 radical (unpaired) electrons. The van der Waals surface area contributed by atoms with Gasteiger partial charge < -0.3 is 5.73 Å². The number of nitrogens with two attached hydrogens (primary N) is 1. The summed E-state index contributed by atoms with van der Waals surface area (Å²) in [6.07, 6.45) is 0. The molecule has 2 aromatic rings.